The largest absolute Gasteiger partial charge is 0.495 e. The molecule has 8 heteroatoms. The molecule has 2 amide bonds. The molecule has 2 fully saturated rings. The Hall–Kier alpha value is -2.64. The average Bonchev–Trinajstić information content (AvgIpc) is 2.85. The van der Waals surface area contributed by atoms with Gasteiger partial charge in [-0.1, -0.05) is 23.7 Å². The van der Waals surface area contributed by atoms with Crippen molar-refractivity contribution in [2.24, 2.45) is 0 Å². The number of amides is 2. The molecule has 0 radical (unpaired) electrons. The number of methoxy groups -OCH3 is 1. The molecule has 2 N–H and O–H groups in total. The van der Waals surface area contributed by atoms with E-state index in [-0.39, 0.29) is 18.2 Å². The van der Waals surface area contributed by atoms with Crippen LogP contribution in [-0.2, 0) is 0 Å². The lowest BCUT2D eigenvalue weighted by atomic mass is 9.90. The molecule has 0 spiro atoms. The van der Waals surface area contributed by atoms with E-state index in [1.807, 2.05) is 6.07 Å². The minimum Gasteiger partial charge on any atom is -0.495 e. The highest BCUT2D eigenvalue weighted by Crippen LogP contribution is 2.31. The fourth-order valence-corrected chi connectivity index (χ4v) is 5.34. The van der Waals surface area contributed by atoms with Gasteiger partial charge < -0.3 is 25.0 Å². The molecule has 35 heavy (non-hydrogen) atoms. The number of para-hydroxylation sites is 2. The molecular formula is C27H37ClN4O3. The molecule has 7 nitrogen and oxygen atoms in total. The van der Waals surface area contributed by atoms with Gasteiger partial charge in [0, 0.05) is 44.0 Å². The minimum absolute atomic E-state index is 0.164. The van der Waals surface area contributed by atoms with Gasteiger partial charge in [0.25, 0.3) is 0 Å². The van der Waals surface area contributed by atoms with Crippen molar-refractivity contribution in [2.75, 3.05) is 43.5 Å². The van der Waals surface area contributed by atoms with E-state index in [9.17, 15) is 4.79 Å². The average molecular weight is 501 g/mol. The van der Waals surface area contributed by atoms with Gasteiger partial charge in [0.15, 0.2) is 0 Å². The molecule has 0 atom stereocenters. The van der Waals surface area contributed by atoms with Gasteiger partial charge in [0.05, 0.1) is 23.9 Å². The van der Waals surface area contributed by atoms with Gasteiger partial charge in [-0.15, -0.1) is 0 Å². The summed E-state index contributed by atoms with van der Waals surface area (Å²) in [6, 6.07) is 14.2. The Morgan fingerprint density at radius 2 is 1.71 bits per heavy atom. The van der Waals surface area contributed by atoms with Crippen molar-refractivity contribution in [3.05, 3.63) is 47.5 Å². The van der Waals surface area contributed by atoms with Crippen molar-refractivity contribution in [3.8, 4) is 11.5 Å². The molecule has 1 aliphatic heterocycles. The number of carbonyl (C=O) groups is 1. The van der Waals surface area contributed by atoms with Crippen LogP contribution in [0.1, 0.15) is 39.5 Å². The molecule has 2 aliphatic rings. The first-order chi connectivity index (χ1) is 16.9. The summed E-state index contributed by atoms with van der Waals surface area (Å²) in [7, 11) is 1.57. The maximum atomic E-state index is 12.5. The number of benzene rings is 2. The van der Waals surface area contributed by atoms with Crippen LogP contribution >= 0.6 is 11.6 Å². The van der Waals surface area contributed by atoms with Gasteiger partial charge >= 0.3 is 6.03 Å². The molecule has 1 aliphatic carbocycles. The summed E-state index contributed by atoms with van der Waals surface area (Å²) in [5, 5.41) is 6.47. The topological polar surface area (TPSA) is 66.1 Å². The zero-order valence-electron chi connectivity index (χ0n) is 20.9. The van der Waals surface area contributed by atoms with E-state index in [4.69, 9.17) is 21.1 Å². The molecule has 4 rings (SSSR count). The van der Waals surface area contributed by atoms with E-state index < -0.39 is 0 Å². The van der Waals surface area contributed by atoms with E-state index in [0.717, 1.165) is 57.6 Å². The zero-order valence-corrected chi connectivity index (χ0v) is 21.7. The van der Waals surface area contributed by atoms with Gasteiger partial charge in [-0.3, -0.25) is 4.90 Å². The Morgan fingerprint density at radius 1 is 1.00 bits per heavy atom. The van der Waals surface area contributed by atoms with Crippen molar-refractivity contribution in [3.63, 3.8) is 0 Å². The molecule has 2 aromatic carbocycles. The van der Waals surface area contributed by atoms with Crippen LogP contribution in [-0.4, -0.2) is 62.4 Å². The van der Waals surface area contributed by atoms with Gasteiger partial charge in [-0.25, -0.2) is 4.79 Å². The number of hydrogen-bond donors (Lipinski definition) is 2. The summed E-state index contributed by atoms with van der Waals surface area (Å²) in [4.78, 5) is 17.5. The summed E-state index contributed by atoms with van der Waals surface area (Å²) in [5.41, 5.74) is 1.85. The van der Waals surface area contributed by atoms with Gasteiger partial charge in [0.1, 0.15) is 11.5 Å². The fourth-order valence-electron chi connectivity index (χ4n) is 5.08. The minimum atomic E-state index is -0.189. The summed E-state index contributed by atoms with van der Waals surface area (Å²) in [5.74, 6) is 1.56. The number of rotatable bonds is 7. The van der Waals surface area contributed by atoms with Crippen molar-refractivity contribution < 1.29 is 14.3 Å². The van der Waals surface area contributed by atoms with E-state index in [1.54, 1.807) is 25.3 Å². The summed E-state index contributed by atoms with van der Waals surface area (Å²) in [6.45, 7) is 8.25. The third kappa shape index (κ3) is 6.73. The first kappa shape index (κ1) is 25.5. The number of nitrogens with one attached hydrogen (secondary N) is 2. The predicted molar refractivity (Wildman–Crippen MR) is 142 cm³/mol. The SMILES string of the molecule is COc1ccc(NC(=O)NC2CCC(N3CCN(c4ccccc4OC(C)C)CC3)CC2)cc1Cl. The Kier molecular flexibility index (Phi) is 8.63. The number of anilines is 2. The predicted octanol–water partition coefficient (Wildman–Crippen LogP) is 5.39. The summed E-state index contributed by atoms with van der Waals surface area (Å²) < 4.78 is 11.2. The Balaban J connectivity index is 1.21. The van der Waals surface area contributed by atoms with Crippen molar-refractivity contribution in [1.29, 1.82) is 0 Å². The number of ether oxygens (including phenoxy) is 2. The molecule has 1 saturated carbocycles. The Morgan fingerprint density at radius 3 is 2.37 bits per heavy atom. The van der Waals surface area contributed by atoms with E-state index in [0.29, 0.717) is 22.5 Å². The van der Waals surface area contributed by atoms with Crippen LogP contribution < -0.4 is 25.0 Å². The monoisotopic (exact) mass is 500 g/mol. The third-order valence-electron chi connectivity index (χ3n) is 6.84. The van der Waals surface area contributed by atoms with Crippen LogP contribution in [0.15, 0.2) is 42.5 Å². The smallest absolute Gasteiger partial charge is 0.319 e. The molecule has 0 bridgehead atoms. The van der Waals surface area contributed by atoms with Gasteiger partial charge in [-0.2, -0.15) is 0 Å². The molecule has 1 heterocycles. The van der Waals surface area contributed by atoms with E-state index >= 15 is 0 Å². The Labute approximate surface area is 213 Å². The van der Waals surface area contributed by atoms with Crippen molar-refractivity contribution in [1.82, 2.24) is 10.2 Å². The van der Waals surface area contributed by atoms with Gasteiger partial charge in [0.2, 0.25) is 0 Å². The van der Waals surface area contributed by atoms with E-state index in [1.165, 1.54) is 5.69 Å². The first-order valence-electron chi connectivity index (χ1n) is 12.6. The normalized spacial score (nSPS) is 21.0. The van der Waals surface area contributed by atoms with Crippen LogP contribution in [0.25, 0.3) is 0 Å². The quantitative estimate of drug-likeness (QED) is 0.533. The summed E-state index contributed by atoms with van der Waals surface area (Å²) in [6.07, 6.45) is 4.36. The first-order valence-corrected chi connectivity index (χ1v) is 13.0. The maximum absolute atomic E-state index is 12.5. The molecule has 0 aromatic heterocycles. The number of urea groups is 1. The standard InChI is InChI=1S/C27H37ClN4O3/c1-19(2)35-26-7-5-4-6-24(26)32-16-14-31(15-17-32)22-11-8-20(9-12-22)29-27(33)30-21-10-13-25(34-3)23(28)18-21/h4-7,10,13,18-20,22H,8-9,11-12,14-17H2,1-3H3,(H2,29,30,33). The number of piperazine rings is 1. The van der Waals surface area contributed by atoms with Crippen LogP contribution in [0, 0.1) is 0 Å². The van der Waals surface area contributed by atoms with Crippen LogP contribution in [0.3, 0.4) is 0 Å². The van der Waals surface area contributed by atoms with E-state index in [2.05, 4.69) is 52.5 Å². The lowest BCUT2D eigenvalue weighted by Gasteiger charge is -2.43. The highest BCUT2D eigenvalue weighted by molar-refractivity contribution is 6.32. The molecule has 0 unspecified atom stereocenters. The number of nitrogens with zero attached hydrogens (tertiary/aromatic N) is 2. The molecular weight excluding hydrogens is 464 g/mol. The van der Waals surface area contributed by atoms with Crippen molar-refractivity contribution >= 4 is 29.0 Å². The number of carbonyl (C=O) groups excluding carboxylic acids is 1. The second-order valence-electron chi connectivity index (χ2n) is 9.61. The summed E-state index contributed by atoms with van der Waals surface area (Å²) >= 11 is 6.16. The second kappa shape index (κ2) is 11.9. The molecule has 1 saturated heterocycles. The number of hydrogen-bond acceptors (Lipinski definition) is 5. The molecule has 2 aromatic rings. The lowest BCUT2D eigenvalue weighted by Crippen LogP contribution is -2.52. The van der Waals surface area contributed by atoms with Crippen LogP contribution in [0.4, 0.5) is 16.2 Å². The highest BCUT2D eigenvalue weighted by atomic mass is 35.5. The maximum Gasteiger partial charge on any atom is 0.319 e. The highest BCUT2D eigenvalue weighted by Gasteiger charge is 2.29. The van der Waals surface area contributed by atoms with Gasteiger partial charge in [-0.05, 0) is 69.9 Å². The zero-order chi connectivity index (χ0) is 24.8. The van der Waals surface area contributed by atoms with Crippen LogP contribution in [0.2, 0.25) is 5.02 Å². The number of halogens is 1. The van der Waals surface area contributed by atoms with Crippen LogP contribution in [0.5, 0.6) is 11.5 Å². The van der Waals surface area contributed by atoms with Crippen molar-refractivity contribution in [2.45, 2.75) is 57.7 Å². The fraction of sp³-hybridized carbons (Fsp3) is 0.519. The molecule has 190 valence electrons. The Bertz CT molecular complexity index is 986. The lowest BCUT2D eigenvalue weighted by molar-refractivity contribution is 0.137. The second-order valence-corrected chi connectivity index (χ2v) is 10.0. The third-order valence-corrected chi connectivity index (χ3v) is 7.14.